The molecule has 30 heavy (non-hydrogen) atoms. The first-order chi connectivity index (χ1) is 14.4. The minimum absolute atomic E-state index is 0.681. The van der Waals surface area contributed by atoms with Gasteiger partial charge >= 0.3 is 0 Å². The first-order valence-electron chi connectivity index (χ1n) is 10.5. The van der Waals surface area contributed by atoms with Crippen LogP contribution in [0.15, 0.2) is 66.7 Å². The first-order valence-corrected chi connectivity index (χ1v) is 10.5. The van der Waals surface area contributed by atoms with Gasteiger partial charge in [0.2, 0.25) is 0 Å². The van der Waals surface area contributed by atoms with Crippen molar-refractivity contribution in [3.63, 3.8) is 0 Å². The zero-order chi connectivity index (χ0) is 21.1. The minimum atomic E-state index is -0.900. The van der Waals surface area contributed by atoms with E-state index in [2.05, 4.69) is 35.3 Å². The van der Waals surface area contributed by atoms with Crippen LogP contribution >= 0.6 is 0 Å². The van der Waals surface area contributed by atoms with E-state index in [1.54, 1.807) is 0 Å². The average Bonchev–Trinajstić information content (AvgIpc) is 3.15. The van der Waals surface area contributed by atoms with Gasteiger partial charge in [0.15, 0.2) is 0 Å². The summed E-state index contributed by atoms with van der Waals surface area (Å²) in [4.78, 5) is 8.22. The standard InChI is InChI=1S/C26H28N2O2/c1-4-30-20-13-9-18(10-14-20)11-16-25-27-23-15-12-19(17-24(23)28-25)21-7-5-6-8-22(21)26(2,3)29/h5-10,12-15,17,29H,4,11,16H2,1-3H3,(H,27,28). The van der Waals surface area contributed by atoms with Crippen molar-refractivity contribution in [1.82, 2.24) is 9.97 Å². The smallest absolute Gasteiger partial charge is 0.119 e. The van der Waals surface area contributed by atoms with Gasteiger partial charge in [-0.05, 0) is 73.7 Å². The van der Waals surface area contributed by atoms with Gasteiger partial charge in [0.05, 0.1) is 23.2 Å². The van der Waals surface area contributed by atoms with E-state index in [4.69, 9.17) is 9.72 Å². The lowest BCUT2D eigenvalue weighted by Crippen LogP contribution is -2.16. The molecular weight excluding hydrogens is 372 g/mol. The van der Waals surface area contributed by atoms with Gasteiger partial charge in [0, 0.05) is 6.42 Å². The number of fused-ring (bicyclic) bond motifs is 1. The van der Waals surface area contributed by atoms with Crippen LogP contribution in [-0.4, -0.2) is 21.7 Å². The van der Waals surface area contributed by atoms with Crippen LogP contribution in [0.25, 0.3) is 22.2 Å². The summed E-state index contributed by atoms with van der Waals surface area (Å²) in [7, 11) is 0. The van der Waals surface area contributed by atoms with Gasteiger partial charge in [-0.15, -0.1) is 0 Å². The first kappa shape index (κ1) is 20.2. The third kappa shape index (κ3) is 4.39. The van der Waals surface area contributed by atoms with Gasteiger partial charge in [-0.2, -0.15) is 0 Å². The molecule has 0 saturated carbocycles. The number of hydrogen-bond donors (Lipinski definition) is 2. The lowest BCUT2D eigenvalue weighted by atomic mass is 9.89. The second-order valence-corrected chi connectivity index (χ2v) is 8.10. The van der Waals surface area contributed by atoms with Gasteiger partial charge < -0.3 is 14.8 Å². The number of aromatic amines is 1. The molecule has 0 spiro atoms. The topological polar surface area (TPSA) is 58.1 Å². The summed E-state index contributed by atoms with van der Waals surface area (Å²) in [6, 6.07) is 22.5. The van der Waals surface area contributed by atoms with Crippen LogP contribution in [0.4, 0.5) is 0 Å². The van der Waals surface area contributed by atoms with Crippen molar-refractivity contribution < 1.29 is 9.84 Å². The molecule has 0 atom stereocenters. The number of nitrogens with zero attached hydrogens (tertiary/aromatic N) is 1. The van der Waals surface area contributed by atoms with Crippen molar-refractivity contribution in [3.05, 3.63) is 83.7 Å². The van der Waals surface area contributed by atoms with Gasteiger partial charge in [0.1, 0.15) is 11.6 Å². The summed E-state index contributed by atoms with van der Waals surface area (Å²) in [5.74, 6) is 1.88. The Balaban J connectivity index is 1.55. The number of hydrogen-bond acceptors (Lipinski definition) is 3. The van der Waals surface area contributed by atoms with Crippen molar-refractivity contribution in [2.24, 2.45) is 0 Å². The van der Waals surface area contributed by atoms with Gasteiger partial charge in [0.25, 0.3) is 0 Å². The fourth-order valence-corrected chi connectivity index (χ4v) is 3.80. The molecule has 0 bridgehead atoms. The number of H-pyrrole nitrogens is 1. The highest BCUT2D eigenvalue weighted by Gasteiger charge is 2.20. The van der Waals surface area contributed by atoms with E-state index in [0.29, 0.717) is 6.61 Å². The van der Waals surface area contributed by atoms with Crippen molar-refractivity contribution in [1.29, 1.82) is 0 Å². The molecular formula is C26H28N2O2. The molecule has 4 heteroatoms. The highest BCUT2D eigenvalue weighted by atomic mass is 16.5. The Morgan fingerprint density at radius 3 is 2.47 bits per heavy atom. The number of nitrogens with one attached hydrogen (secondary N) is 1. The zero-order valence-electron chi connectivity index (χ0n) is 17.8. The summed E-state index contributed by atoms with van der Waals surface area (Å²) in [6.07, 6.45) is 1.76. The molecule has 154 valence electrons. The third-order valence-corrected chi connectivity index (χ3v) is 5.31. The van der Waals surface area contributed by atoms with Crippen molar-refractivity contribution >= 4 is 11.0 Å². The second kappa shape index (κ2) is 8.33. The van der Waals surface area contributed by atoms with Crippen LogP contribution in [0.2, 0.25) is 0 Å². The maximum atomic E-state index is 10.5. The number of rotatable bonds is 7. The fraction of sp³-hybridized carbons (Fsp3) is 0.269. The van der Waals surface area contributed by atoms with Crippen LogP contribution in [-0.2, 0) is 18.4 Å². The van der Waals surface area contributed by atoms with Gasteiger partial charge in [-0.3, -0.25) is 0 Å². The van der Waals surface area contributed by atoms with E-state index in [0.717, 1.165) is 52.1 Å². The van der Waals surface area contributed by atoms with Crippen molar-refractivity contribution in [2.75, 3.05) is 6.61 Å². The third-order valence-electron chi connectivity index (χ3n) is 5.31. The molecule has 3 aromatic carbocycles. The Bertz CT molecular complexity index is 1140. The van der Waals surface area contributed by atoms with E-state index < -0.39 is 5.60 Å². The predicted molar refractivity (Wildman–Crippen MR) is 122 cm³/mol. The Kier molecular flexibility index (Phi) is 5.60. The van der Waals surface area contributed by atoms with E-state index in [9.17, 15) is 5.11 Å². The number of aromatic nitrogens is 2. The number of aliphatic hydroxyl groups is 1. The molecule has 4 nitrogen and oxygen atoms in total. The molecule has 0 amide bonds. The highest BCUT2D eigenvalue weighted by Crippen LogP contribution is 2.32. The number of aryl methyl sites for hydroxylation is 2. The van der Waals surface area contributed by atoms with Crippen molar-refractivity contribution in [3.8, 4) is 16.9 Å². The lowest BCUT2D eigenvalue weighted by molar-refractivity contribution is 0.0792. The van der Waals surface area contributed by atoms with E-state index >= 15 is 0 Å². The molecule has 4 aromatic rings. The maximum Gasteiger partial charge on any atom is 0.119 e. The molecule has 0 unspecified atom stereocenters. The lowest BCUT2D eigenvalue weighted by Gasteiger charge is -2.21. The van der Waals surface area contributed by atoms with Gasteiger partial charge in [-0.1, -0.05) is 42.5 Å². The quantitative estimate of drug-likeness (QED) is 0.422. The maximum absolute atomic E-state index is 10.5. The largest absolute Gasteiger partial charge is 0.494 e. The van der Waals surface area contributed by atoms with Crippen LogP contribution in [0, 0.1) is 0 Å². The van der Waals surface area contributed by atoms with Gasteiger partial charge in [-0.25, -0.2) is 4.98 Å². The molecule has 0 aliphatic rings. The molecule has 0 saturated heterocycles. The minimum Gasteiger partial charge on any atom is -0.494 e. The molecule has 1 aromatic heterocycles. The van der Waals surface area contributed by atoms with E-state index in [1.165, 1.54) is 5.56 Å². The van der Waals surface area contributed by atoms with Crippen LogP contribution in [0.3, 0.4) is 0 Å². The SMILES string of the molecule is CCOc1ccc(CCc2nc3ccc(-c4ccccc4C(C)(C)O)cc3[nH]2)cc1. The Morgan fingerprint density at radius 2 is 1.73 bits per heavy atom. The summed E-state index contributed by atoms with van der Waals surface area (Å²) in [6.45, 7) is 6.31. The van der Waals surface area contributed by atoms with Crippen LogP contribution in [0.1, 0.15) is 37.7 Å². The van der Waals surface area contributed by atoms with E-state index in [-0.39, 0.29) is 0 Å². The summed E-state index contributed by atoms with van der Waals surface area (Å²) >= 11 is 0. The molecule has 0 fully saturated rings. The monoisotopic (exact) mass is 400 g/mol. The Labute approximate surface area is 177 Å². The highest BCUT2D eigenvalue weighted by molar-refractivity contribution is 5.83. The normalized spacial score (nSPS) is 11.7. The van der Waals surface area contributed by atoms with Crippen LogP contribution < -0.4 is 4.74 Å². The summed E-state index contributed by atoms with van der Waals surface area (Å²) in [5, 5.41) is 10.5. The second-order valence-electron chi connectivity index (χ2n) is 8.10. The Hall–Kier alpha value is -3.11. The molecule has 4 rings (SSSR count). The summed E-state index contributed by atoms with van der Waals surface area (Å²) < 4.78 is 5.51. The molecule has 0 radical (unpaired) electrons. The number of ether oxygens (including phenoxy) is 1. The van der Waals surface area contributed by atoms with E-state index in [1.807, 2.05) is 57.2 Å². The molecule has 0 aliphatic heterocycles. The predicted octanol–water partition coefficient (Wildman–Crippen LogP) is 5.64. The molecule has 2 N–H and O–H groups in total. The van der Waals surface area contributed by atoms with Crippen molar-refractivity contribution in [2.45, 2.75) is 39.2 Å². The van der Waals surface area contributed by atoms with Crippen LogP contribution in [0.5, 0.6) is 5.75 Å². The number of benzene rings is 3. The zero-order valence-corrected chi connectivity index (χ0v) is 17.8. The fourth-order valence-electron chi connectivity index (χ4n) is 3.80. The number of imidazole rings is 1. The summed E-state index contributed by atoms with van der Waals surface area (Å²) in [5.41, 5.74) is 5.36. The molecule has 1 heterocycles. The Morgan fingerprint density at radius 1 is 0.967 bits per heavy atom. The molecule has 0 aliphatic carbocycles. The average molecular weight is 401 g/mol.